The van der Waals surface area contributed by atoms with E-state index in [-0.39, 0.29) is 13.2 Å². The number of ether oxygens (including phenoxy) is 3. The fraction of sp³-hybridized carbons (Fsp3) is 0.188. The summed E-state index contributed by atoms with van der Waals surface area (Å²) < 4.78 is 97.1. The molecule has 4 rings (SSSR count). The second kappa shape index (κ2) is 14.8. The van der Waals surface area contributed by atoms with Gasteiger partial charge in [-0.2, -0.15) is 26.3 Å². The molecule has 268 valence electrons. The van der Waals surface area contributed by atoms with Crippen LogP contribution in [-0.4, -0.2) is 35.0 Å². The Hall–Kier alpha value is -5.42. The number of benzene rings is 4. The van der Waals surface area contributed by atoms with Crippen molar-refractivity contribution < 1.29 is 60.0 Å². The summed E-state index contributed by atoms with van der Waals surface area (Å²) in [5, 5.41) is 22.8. The number of halogens is 8. The summed E-state index contributed by atoms with van der Waals surface area (Å²) in [6, 6.07) is 7.08. The molecule has 0 radical (unpaired) electrons. The summed E-state index contributed by atoms with van der Waals surface area (Å²) in [5.41, 5.74) is -7.89. The predicted molar refractivity (Wildman–Crippen MR) is 169 cm³/mol. The first-order chi connectivity index (χ1) is 23.8. The number of hydrogen-bond acceptors (Lipinski definition) is 9. The SMILES string of the molecule is CCOC(=O)c1c([N+](=O)[O-])ccc(Oc2ccc([N+](=O)[O-])c(C(=O)OCC)c2-c2ccc(C(F)(F)F)cc2Cl)c1-c1ccc(C(F)(F)F)cc1Cl. The molecule has 0 aromatic heterocycles. The van der Waals surface area contributed by atoms with Crippen molar-refractivity contribution in [3.8, 4) is 33.8 Å². The monoisotopic (exact) mass is 760 g/mol. The number of rotatable bonds is 10. The number of esters is 2. The van der Waals surface area contributed by atoms with Gasteiger partial charge in [0.2, 0.25) is 0 Å². The van der Waals surface area contributed by atoms with Gasteiger partial charge in [0.15, 0.2) is 0 Å². The van der Waals surface area contributed by atoms with Crippen LogP contribution in [0.3, 0.4) is 0 Å². The zero-order chi connectivity index (χ0) is 38.0. The maximum Gasteiger partial charge on any atom is 0.416 e. The smallest absolute Gasteiger partial charge is 0.416 e. The molecule has 0 heterocycles. The van der Waals surface area contributed by atoms with Gasteiger partial charge in [-0.25, -0.2) is 9.59 Å². The number of hydrogen-bond donors (Lipinski definition) is 0. The Morgan fingerprint density at radius 2 is 1.00 bits per heavy atom. The van der Waals surface area contributed by atoms with Gasteiger partial charge in [-0.1, -0.05) is 35.3 Å². The Balaban J connectivity index is 2.15. The zero-order valence-electron chi connectivity index (χ0n) is 25.8. The van der Waals surface area contributed by atoms with Crippen LogP contribution in [0.5, 0.6) is 11.5 Å². The van der Waals surface area contributed by atoms with Gasteiger partial charge in [-0.05, 0) is 50.2 Å². The topological polar surface area (TPSA) is 148 Å². The minimum absolute atomic E-state index is 0.316. The summed E-state index contributed by atoms with van der Waals surface area (Å²) in [5.74, 6) is -3.78. The molecule has 0 aliphatic carbocycles. The summed E-state index contributed by atoms with van der Waals surface area (Å²) in [6.07, 6.45) is -9.77. The summed E-state index contributed by atoms with van der Waals surface area (Å²) >= 11 is 12.5. The van der Waals surface area contributed by atoms with Crippen LogP contribution in [0.4, 0.5) is 37.7 Å². The highest BCUT2D eigenvalue weighted by molar-refractivity contribution is 6.34. The molecule has 0 saturated carbocycles. The Morgan fingerprint density at radius 1 is 0.647 bits per heavy atom. The molecule has 0 bridgehead atoms. The van der Waals surface area contributed by atoms with Crippen LogP contribution in [0.1, 0.15) is 45.7 Å². The van der Waals surface area contributed by atoms with Crippen molar-refractivity contribution >= 4 is 46.5 Å². The lowest BCUT2D eigenvalue weighted by Gasteiger charge is -2.20. The van der Waals surface area contributed by atoms with Crippen molar-refractivity contribution in [2.45, 2.75) is 26.2 Å². The van der Waals surface area contributed by atoms with Gasteiger partial charge in [-0.3, -0.25) is 20.2 Å². The van der Waals surface area contributed by atoms with E-state index in [0.29, 0.717) is 24.3 Å². The molecule has 51 heavy (non-hydrogen) atoms. The lowest BCUT2D eigenvalue weighted by Crippen LogP contribution is -2.12. The zero-order valence-corrected chi connectivity index (χ0v) is 27.3. The molecule has 0 unspecified atom stereocenters. The summed E-state index contributed by atoms with van der Waals surface area (Å²) in [7, 11) is 0. The Kier molecular flexibility index (Phi) is 11.2. The molecule has 0 atom stereocenters. The van der Waals surface area contributed by atoms with Crippen LogP contribution in [0.2, 0.25) is 10.0 Å². The number of carbonyl (C=O) groups excluding carboxylic acids is 2. The third-order valence-electron chi connectivity index (χ3n) is 6.99. The van der Waals surface area contributed by atoms with Crippen molar-refractivity contribution in [3.63, 3.8) is 0 Å². The average Bonchev–Trinajstić information content (AvgIpc) is 3.03. The van der Waals surface area contributed by atoms with E-state index >= 15 is 0 Å². The van der Waals surface area contributed by atoms with Crippen molar-refractivity contribution in [1.29, 1.82) is 0 Å². The normalized spacial score (nSPS) is 11.6. The lowest BCUT2D eigenvalue weighted by atomic mass is 9.94. The highest BCUT2D eigenvalue weighted by Gasteiger charge is 2.37. The molecule has 0 spiro atoms. The number of nitrogens with zero attached hydrogens (tertiary/aromatic N) is 2. The van der Waals surface area contributed by atoms with Crippen LogP contribution in [0.15, 0.2) is 60.7 Å². The van der Waals surface area contributed by atoms with Crippen molar-refractivity contribution in [2.24, 2.45) is 0 Å². The highest BCUT2D eigenvalue weighted by atomic mass is 35.5. The second-order valence-corrected chi connectivity index (χ2v) is 10.9. The average molecular weight is 761 g/mol. The van der Waals surface area contributed by atoms with Crippen LogP contribution >= 0.6 is 23.2 Å². The van der Waals surface area contributed by atoms with Crippen molar-refractivity contribution in [3.05, 3.63) is 113 Å². The number of nitro groups is 2. The van der Waals surface area contributed by atoms with Gasteiger partial charge in [0.05, 0.1) is 34.2 Å². The molecular weight excluding hydrogens is 741 g/mol. The quantitative estimate of drug-likeness (QED) is 0.0666. The van der Waals surface area contributed by atoms with Gasteiger partial charge in [0.25, 0.3) is 11.4 Å². The molecular formula is C32H20Cl2F6N2O9. The van der Waals surface area contributed by atoms with Gasteiger partial charge < -0.3 is 14.2 Å². The van der Waals surface area contributed by atoms with E-state index in [1.807, 2.05) is 0 Å². The largest absolute Gasteiger partial charge is 0.462 e. The van der Waals surface area contributed by atoms with E-state index in [0.717, 1.165) is 36.4 Å². The molecule has 4 aromatic rings. The number of nitro benzene ring substituents is 2. The minimum Gasteiger partial charge on any atom is -0.462 e. The van der Waals surface area contributed by atoms with Crippen LogP contribution < -0.4 is 4.74 Å². The first-order valence-electron chi connectivity index (χ1n) is 14.2. The first-order valence-corrected chi connectivity index (χ1v) is 15.0. The molecule has 4 aromatic carbocycles. The third-order valence-corrected chi connectivity index (χ3v) is 7.62. The molecule has 11 nitrogen and oxygen atoms in total. The minimum atomic E-state index is -4.88. The van der Waals surface area contributed by atoms with Gasteiger partial charge >= 0.3 is 24.3 Å². The Bertz CT molecular complexity index is 1930. The molecule has 0 aliphatic heterocycles. The standard InChI is InChI=1S/C32H20Cl2F6N2O9/c1-3-49-29(43)27-21(41(45)46)9-11-23(25(27)17-7-5-15(13-19(17)33)31(35,36)37)51-24-12-10-22(42(47)48)28(30(44)50-4-2)26(24)18-8-6-16(14-20(18)34)32(38,39)40/h5-14H,3-4H2,1-2H3. The fourth-order valence-corrected chi connectivity index (χ4v) is 5.43. The molecule has 19 heteroatoms. The Morgan fingerprint density at radius 3 is 1.27 bits per heavy atom. The van der Waals surface area contributed by atoms with E-state index in [1.165, 1.54) is 13.8 Å². The van der Waals surface area contributed by atoms with Crippen LogP contribution in [0.25, 0.3) is 22.3 Å². The number of carbonyl (C=O) groups is 2. The van der Waals surface area contributed by atoms with E-state index in [4.69, 9.17) is 37.4 Å². The lowest BCUT2D eigenvalue weighted by molar-refractivity contribution is -0.385. The Labute approximate surface area is 292 Å². The maximum atomic E-state index is 13.5. The number of alkyl halides is 6. The van der Waals surface area contributed by atoms with E-state index in [9.17, 15) is 56.2 Å². The molecule has 0 saturated heterocycles. The van der Waals surface area contributed by atoms with E-state index in [2.05, 4.69) is 0 Å². The van der Waals surface area contributed by atoms with Gasteiger partial charge in [0.1, 0.15) is 22.6 Å². The van der Waals surface area contributed by atoms with Crippen molar-refractivity contribution in [1.82, 2.24) is 0 Å². The maximum absolute atomic E-state index is 13.5. The second-order valence-electron chi connectivity index (χ2n) is 10.1. The fourth-order valence-electron chi connectivity index (χ4n) is 4.88. The van der Waals surface area contributed by atoms with Crippen LogP contribution in [-0.2, 0) is 21.8 Å². The molecule has 0 fully saturated rings. The molecule has 0 aliphatic rings. The summed E-state index contributed by atoms with van der Waals surface area (Å²) in [6.45, 7) is 2.09. The van der Waals surface area contributed by atoms with E-state index < -0.39 is 112 Å². The molecule has 0 N–H and O–H groups in total. The van der Waals surface area contributed by atoms with Gasteiger partial charge in [-0.15, -0.1) is 0 Å². The van der Waals surface area contributed by atoms with Crippen LogP contribution in [0, 0.1) is 20.2 Å². The predicted octanol–water partition coefficient (Wildman–Crippen LogP) is 10.3. The van der Waals surface area contributed by atoms with E-state index in [1.54, 1.807) is 0 Å². The third kappa shape index (κ3) is 7.99. The molecule has 0 amide bonds. The first kappa shape index (κ1) is 38.4. The van der Waals surface area contributed by atoms with Crippen molar-refractivity contribution in [2.75, 3.05) is 13.2 Å². The van der Waals surface area contributed by atoms with Gasteiger partial charge in [0, 0.05) is 44.4 Å². The highest BCUT2D eigenvalue weighted by Crippen LogP contribution is 2.49. The summed E-state index contributed by atoms with van der Waals surface area (Å²) in [4.78, 5) is 48.6.